The zero-order valence-electron chi connectivity index (χ0n) is 10.00. The Morgan fingerprint density at radius 2 is 2.29 bits per heavy atom. The summed E-state index contributed by atoms with van der Waals surface area (Å²) >= 11 is 6.06. The minimum absolute atomic E-state index is 0.188. The molecular weight excluding hydrogens is 240 g/mol. The molecule has 1 aromatic carbocycles. The summed E-state index contributed by atoms with van der Waals surface area (Å²) in [5.74, 6) is 0.315. The third-order valence-corrected chi connectivity index (χ3v) is 2.64. The second kappa shape index (κ2) is 6.47. The molecule has 0 saturated carbocycles. The molecule has 0 radical (unpaired) electrons. The number of nitrogens with one attached hydrogen (secondary N) is 1. The SMILES string of the molecule is CNC(=O)C(C)Oc1ccc(CCN)cc1Cl. The smallest absolute Gasteiger partial charge is 0.260 e. The van der Waals surface area contributed by atoms with Gasteiger partial charge in [0.15, 0.2) is 6.10 Å². The average molecular weight is 257 g/mol. The Hall–Kier alpha value is -1.26. The van der Waals surface area contributed by atoms with E-state index in [9.17, 15) is 4.79 Å². The lowest BCUT2D eigenvalue weighted by Gasteiger charge is -2.14. The van der Waals surface area contributed by atoms with Crippen LogP contribution in [0.1, 0.15) is 12.5 Å². The fourth-order valence-electron chi connectivity index (χ4n) is 1.41. The Labute approximate surface area is 106 Å². The van der Waals surface area contributed by atoms with E-state index in [0.29, 0.717) is 17.3 Å². The molecule has 1 aromatic rings. The van der Waals surface area contributed by atoms with E-state index in [1.807, 2.05) is 6.07 Å². The highest BCUT2D eigenvalue weighted by atomic mass is 35.5. The zero-order valence-corrected chi connectivity index (χ0v) is 10.8. The van der Waals surface area contributed by atoms with Crippen molar-refractivity contribution in [3.8, 4) is 5.75 Å². The van der Waals surface area contributed by atoms with Gasteiger partial charge in [-0.2, -0.15) is 0 Å². The van der Waals surface area contributed by atoms with E-state index < -0.39 is 6.10 Å². The molecule has 1 unspecified atom stereocenters. The number of nitrogens with two attached hydrogens (primary N) is 1. The molecule has 0 aliphatic carbocycles. The lowest BCUT2D eigenvalue weighted by Crippen LogP contribution is -2.33. The van der Waals surface area contributed by atoms with Crippen molar-refractivity contribution in [3.05, 3.63) is 28.8 Å². The van der Waals surface area contributed by atoms with E-state index in [1.165, 1.54) is 0 Å². The maximum absolute atomic E-state index is 11.3. The van der Waals surface area contributed by atoms with E-state index in [4.69, 9.17) is 22.1 Å². The number of halogens is 1. The van der Waals surface area contributed by atoms with Crippen LogP contribution in [0.4, 0.5) is 0 Å². The lowest BCUT2D eigenvalue weighted by molar-refractivity contribution is -0.126. The minimum Gasteiger partial charge on any atom is -0.479 e. The van der Waals surface area contributed by atoms with Crippen molar-refractivity contribution in [2.45, 2.75) is 19.4 Å². The van der Waals surface area contributed by atoms with E-state index in [1.54, 1.807) is 26.1 Å². The first-order chi connectivity index (χ1) is 8.08. The van der Waals surface area contributed by atoms with Gasteiger partial charge in [-0.05, 0) is 37.6 Å². The largest absolute Gasteiger partial charge is 0.479 e. The standard InChI is InChI=1S/C12H17ClN2O2/c1-8(12(16)15-2)17-11-4-3-9(5-6-14)7-10(11)13/h3-4,7-8H,5-6,14H2,1-2H3,(H,15,16). The summed E-state index contributed by atoms with van der Waals surface area (Å²) in [5, 5.41) is 3.00. The first-order valence-electron chi connectivity index (χ1n) is 5.45. The molecule has 1 amide bonds. The third-order valence-electron chi connectivity index (χ3n) is 2.35. The summed E-state index contributed by atoms with van der Waals surface area (Å²) in [5.41, 5.74) is 6.51. The van der Waals surface area contributed by atoms with Gasteiger partial charge in [-0.3, -0.25) is 4.79 Å². The number of rotatable bonds is 5. The van der Waals surface area contributed by atoms with E-state index in [0.717, 1.165) is 12.0 Å². The van der Waals surface area contributed by atoms with Crippen molar-refractivity contribution in [1.29, 1.82) is 0 Å². The molecule has 5 heteroatoms. The number of hydrogen-bond acceptors (Lipinski definition) is 3. The average Bonchev–Trinajstić information content (AvgIpc) is 2.31. The van der Waals surface area contributed by atoms with Crippen LogP contribution in [0.3, 0.4) is 0 Å². The first-order valence-corrected chi connectivity index (χ1v) is 5.83. The Balaban J connectivity index is 2.75. The number of hydrogen-bond donors (Lipinski definition) is 2. The zero-order chi connectivity index (χ0) is 12.8. The predicted molar refractivity (Wildman–Crippen MR) is 68.4 cm³/mol. The van der Waals surface area contributed by atoms with Gasteiger partial charge in [0.05, 0.1) is 5.02 Å². The quantitative estimate of drug-likeness (QED) is 0.836. The summed E-state index contributed by atoms with van der Waals surface area (Å²) in [6.07, 6.45) is 0.197. The Morgan fingerprint density at radius 3 is 2.82 bits per heavy atom. The number of benzene rings is 1. The van der Waals surface area contributed by atoms with Gasteiger partial charge >= 0.3 is 0 Å². The molecule has 94 valence electrons. The van der Waals surface area contributed by atoms with Gasteiger partial charge in [0.25, 0.3) is 5.91 Å². The van der Waals surface area contributed by atoms with Crippen LogP contribution in [0.15, 0.2) is 18.2 Å². The summed E-state index contributed by atoms with van der Waals surface area (Å²) in [6, 6.07) is 5.46. The predicted octanol–water partition coefficient (Wildman–Crippen LogP) is 1.35. The van der Waals surface area contributed by atoms with E-state index >= 15 is 0 Å². The highest BCUT2D eigenvalue weighted by molar-refractivity contribution is 6.32. The van der Waals surface area contributed by atoms with E-state index in [2.05, 4.69) is 5.32 Å². The monoisotopic (exact) mass is 256 g/mol. The topological polar surface area (TPSA) is 64.3 Å². The summed E-state index contributed by atoms with van der Waals surface area (Å²) in [6.45, 7) is 2.24. The van der Waals surface area contributed by atoms with Crippen molar-refractivity contribution < 1.29 is 9.53 Å². The maximum atomic E-state index is 11.3. The molecule has 0 fully saturated rings. The van der Waals surface area contributed by atoms with Gasteiger partial charge in [-0.1, -0.05) is 17.7 Å². The molecule has 0 saturated heterocycles. The third kappa shape index (κ3) is 3.91. The number of carbonyl (C=O) groups excluding carboxylic acids is 1. The van der Waals surface area contributed by atoms with Crippen molar-refractivity contribution in [2.24, 2.45) is 5.73 Å². The van der Waals surface area contributed by atoms with Crippen LogP contribution in [-0.4, -0.2) is 25.6 Å². The van der Waals surface area contributed by atoms with Crippen LogP contribution in [0.5, 0.6) is 5.75 Å². The van der Waals surface area contributed by atoms with Crippen molar-refractivity contribution in [3.63, 3.8) is 0 Å². The van der Waals surface area contributed by atoms with Crippen LogP contribution in [0.2, 0.25) is 5.02 Å². The maximum Gasteiger partial charge on any atom is 0.260 e. The molecule has 1 rings (SSSR count). The summed E-state index contributed by atoms with van der Waals surface area (Å²) in [7, 11) is 1.56. The Morgan fingerprint density at radius 1 is 1.59 bits per heavy atom. The Kier molecular flexibility index (Phi) is 5.25. The number of likely N-dealkylation sites (N-methyl/N-ethyl adjacent to an activating group) is 1. The van der Waals surface area contributed by atoms with Crippen LogP contribution >= 0.6 is 11.6 Å². The molecule has 0 heterocycles. The van der Waals surface area contributed by atoms with Gasteiger partial charge in [-0.15, -0.1) is 0 Å². The summed E-state index contributed by atoms with van der Waals surface area (Å²) in [4.78, 5) is 11.3. The van der Waals surface area contributed by atoms with Crippen molar-refractivity contribution in [2.75, 3.05) is 13.6 Å². The second-order valence-electron chi connectivity index (χ2n) is 3.68. The number of ether oxygens (including phenoxy) is 1. The summed E-state index contributed by atoms with van der Waals surface area (Å²) < 4.78 is 5.46. The van der Waals surface area contributed by atoms with Gasteiger partial charge < -0.3 is 15.8 Å². The van der Waals surface area contributed by atoms with Crippen LogP contribution in [0.25, 0.3) is 0 Å². The lowest BCUT2D eigenvalue weighted by atomic mass is 10.1. The fourth-order valence-corrected chi connectivity index (χ4v) is 1.66. The molecule has 0 aromatic heterocycles. The molecule has 17 heavy (non-hydrogen) atoms. The van der Waals surface area contributed by atoms with Crippen LogP contribution in [-0.2, 0) is 11.2 Å². The fraction of sp³-hybridized carbons (Fsp3) is 0.417. The first kappa shape index (κ1) is 13.8. The van der Waals surface area contributed by atoms with Gasteiger partial charge in [0, 0.05) is 7.05 Å². The van der Waals surface area contributed by atoms with Crippen molar-refractivity contribution >= 4 is 17.5 Å². The molecule has 3 N–H and O–H groups in total. The number of amides is 1. The minimum atomic E-state index is -0.571. The molecule has 0 aliphatic heterocycles. The molecular formula is C12H17ClN2O2. The Bertz CT molecular complexity index is 396. The highest BCUT2D eigenvalue weighted by Gasteiger charge is 2.14. The highest BCUT2D eigenvalue weighted by Crippen LogP contribution is 2.26. The molecule has 1 atom stereocenters. The number of carbonyl (C=O) groups is 1. The van der Waals surface area contributed by atoms with Crippen molar-refractivity contribution in [1.82, 2.24) is 5.32 Å². The molecule has 0 spiro atoms. The second-order valence-corrected chi connectivity index (χ2v) is 4.08. The molecule has 4 nitrogen and oxygen atoms in total. The van der Waals surface area contributed by atoms with Crippen LogP contribution < -0.4 is 15.8 Å². The molecule has 0 bridgehead atoms. The molecule has 0 aliphatic rings. The van der Waals surface area contributed by atoms with Gasteiger partial charge in [0.2, 0.25) is 0 Å². The van der Waals surface area contributed by atoms with Crippen LogP contribution in [0, 0.1) is 0 Å². The van der Waals surface area contributed by atoms with Gasteiger partial charge in [-0.25, -0.2) is 0 Å². The normalized spacial score (nSPS) is 12.0. The van der Waals surface area contributed by atoms with Gasteiger partial charge in [0.1, 0.15) is 5.75 Å². The van der Waals surface area contributed by atoms with E-state index in [-0.39, 0.29) is 5.91 Å².